The number of carbonyl (C=O) groups excluding carboxylic acids is 2. The van der Waals surface area contributed by atoms with Crippen LogP contribution >= 0.6 is 0 Å². The van der Waals surface area contributed by atoms with Gasteiger partial charge in [0, 0.05) is 5.69 Å². The van der Waals surface area contributed by atoms with Gasteiger partial charge in [0.05, 0.1) is 12.3 Å². The first-order valence-corrected chi connectivity index (χ1v) is 6.18. The SMILES string of the molecule is CCOC(=O)C(N)C(=O)Nc1cccc(-n2cnnn2)c1. The Morgan fingerprint density at radius 2 is 2.29 bits per heavy atom. The highest BCUT2D eigenvalue weighted by atomic mass is 16.5. The van der Waals surface area contributed by atoms with Gasteiger partial charge < -0.3 is 15.8 Å². The molecule has 0 bridgehead atoms. The molecule has 0 radical (unpaired) electrons. The largest absolute Gasteiger partial charge is 0.464 e. The summed E-state index contributed by atoms with van der Waals surface area (Å²) in [6.45, 7) is 1.80. The van der Waals surface area contributed by atoms with Gasteiger partial charge in [-0.15, -0.1) is 5.10 Å². The summed E-state index contributed by atoms with van der Waals surface area (Å²) in [5, 5.41) is 13.3. The number of benzene rings is 1. The number of carbonyl (C=O) groups is 2. The second-order valence-electron chi connectivity index (χ2n) is 4.02. The van der Waals surface area contributed by atoms with Crippen LogP contribution in [0.2, 0.25) is 0 Å². The number of ether oxygens (including phenoxy) is 1. The van der Waals surface area contributed by atoms with Gasteiger partial charge in [0.25, 0.3) is 5.91 Å². The van der Waals surface area contributed by atoms with Crippen LogP contribution in [0, 0.1) is 0 Å². The van der Waals surface area contributed by atoms with Gasteiger partial charge in [-0.05, 0) is 35.5 Å². The summed E-state index contributed by atoms with van der Waals surface area (Å²) >= 11 is 0. The Balaban J connectivity index is 2.08. The van der Waals surface area contributed by atoms with E-state index in [1.165, 1.54) is 11.0 Å². The number of rotatable bonds is 5. The molecule has 1 atom stereocenters. The zero-order chi connectivity index (χ0) is 15.2. The maximum atomic E-state index is 11.8. The molecule has 0 saturated heterocycles. The molecule has 0 aliphatic carbocycles. The average Bonchev–Trinajstić information content (AvgIpc) is 3.01. The molecular weight excluding hydrogens is 276 g/mol. The van der Waals surface area contributed by atoms with E-state index in [9.17, 15) is 9.59 Å². The first kappa shape index (κ1) is 14.6. The minimum Gasteiger partial charge on any atom is -0.464 e. The van der Waals surface area contributed by atoms with Crippen LogP contribution in [0.1, 0.15) is 6.92 Å². The first-order valence-electron chi connectivity index (χ1n) is 6.18. The van der Waals surface area contributed by atoms with E-state index in [0.29, 0.717) is 11.4 Å². The van der Waals surface area contributed by atoms with Crippen molar-refractivity contribution in [3.63, 3.8) is 0 Å². The van der Waals surface area contributed by atoms with E-state index in [4.69, 9.17) is 5.73 Å². The quantitative estimate of drug-likeness (QED) is 0.561. The second kappa shape index (κ2) is 6.57. The predicted octanol–water partition coefficient (Wildman–Crippen LogP) is -0.509. The molecule has 1 unspecified atom stereocenters. The summed E-state index contributed by atoms with van der Waals surface area (Å²) in [5.74, 6) is -1.42. The standard InChI is InChI=1S/C12H14N6O3/c1-2-21-12(20)10(13)11(19)15-8-4-3-5-9(6-8)18-7-14-16-17-18/h3-7,10H,2,13H2,1H3,(H,15,19). The summed E-state index contributed by atoms with van der Waals surface area (Å²) in [4.78, 5) is 23.2. The van der Waals surface area contributed by atoms with Crippen molar-refractivity contribution in [1.29, 1.82) is 0 Å². The van der Waals surface area contributed by atoms with Crippen molar-refractivity contribution >= 4 is 17.6 Å². The van der Waals surface area contributed by atoms with Crippen molar-refractivity contribution in [3.8, 4) is 5.69 Å². The Hall–Kier alpha value is -2.81. The molecule has 3 N–H and O–H groups in total. The lowest BCUT2D eigenvalue weighted by atomic mass is 10.2. The van der Waals surface area contributed by atoms with Crippen molar-refractivity contribution in [1.82, 2.24) is 20.2 Å². The average molecular weight is 290 g/mol. The lowest BCUT2D eigenvalue weighted by Crippen LogP contribution is -2.43. The van der Waals surface area contributed by atoms with Gasteiger partial charge in [-0.3, -0.25) is 4.79 Å². The van der Waals surface area contributed by atoms with E-state index in [-0.39, 0.29) is 6.61 Å². The molecule has 0 spiro atoms. The van der Waals surface area contributed by atoms with E-state index in [0.717, 1.165) is 0 Å². The number of nitrogens with zero attached hydrogens (tertiary/aromatic N) is 4. The Kier molecular flexibility index (Phi) is 4.57. The van der Waals surface area contributed by atoms with Gasteiger partial charge in [-0.2, -0.15) is 0 Å². The van der Waals surface area contributed by atoms with Gasteiger partial charge in [0.15, 0.2) is 6.04 Å². The second-order valence-corrected chi connectivity index (χ2v) is 4.02. The highest BCUT2D eigenvalue weighted by Gasteiger charge is 2.23. The monoisotopic (exact) mass is 290 g/mol. The molecular formula is C12H14N6O3. The molecule has 21 heavy (non-hydrogen) atoms. The van der Waals surface area contributed by atoms with Gasteiger partial charge >= 0.3 is 5.97 Å². The third-order valence-electron chi connectivity index (χ3n) is 2.55. The summed E-state index contributed by atoms with van der Waals surface area (Å²) in [5.41, 5.74) is 6.62. The van der Waals surface area contributed by atoms with Gasteiger partial charge in [0.1, 0.15) is 6.33 Å². The number of hydrogen-bond donors (Lipinski definition) is 2. The highest BCUT2D eigenvalue weighted by Crippen LogP contribution is 2.13. The van der Waals surface area contributed by atoms with Crippen LogP contribution in [-0.2, 0) is 14.3 Å². The highest BCUT2D eigenvalue weighted by molar-refractivity contribution is 6.08. The molecule has 1 heterocycles. The van der Waals surface area contributed by atoms with E-state index in [1.54, 1.807) is 31.2 Å². The molecule has 1 aromatic heterocycles. The van der Waals surface area contributed by atoms with Crippen molar-refractivity contribution in [2.75, 3.05) is 11.9 Å². The van der Waals surface area contributed by atoms with Crippen LogP contribution in [-0.4, -0.2) is 44.7 Å². The van der Waals surface area contributed by atoms with E-state index >= 15 is 0 Å². The van der Waals surface area contributed by atoms with E-state index in [1.807, 2.05) is 0 Å². The molecule has 1 aromatic carbocycles. The maximum Gasteiger partial charge on any atom is 0.332 e. The third kappa shape index (κ3) is 3.60. The predicted molar refractivity (Wildman–Crippen MR) is 72.4 cm³/mol. The van der Waals surface area contributed by atoms with Gasteiger partial charge in [-0.1, -0.05) is 6.07 Å². The molecule has 0 aliphatic rings. The normalized spacial score (nSPS) is 11.7. The fourth-order valence-electron chi connectivity index (χ4n) is 1.56. The van der Waals surface area contributed by atoms with Crippen molar-refractivity contribution in [3.05, 3.63) is 30.6 Å². The van der Waals surface area contributed by atoms with Crippen LogP contribution < -0.4 is 11.1 Å². The molecule has 9 heteroatoms. The van der Waals surface area contributed by atoms with Gasteiger partial charge in [0.2, 0.25) is 0 Å². The van der Waals surface area contributed by atoms with Crippen molar-refractivity contribution in [2.24, 2.45) is 5.73 Å². The Bertz CT molecular complexity index is 628. The lowest BCUT2D eigenvalue weighted by Gasteiger charge is -2.11. The van der Waals surface area contributed by atoms with E-state index < -0.39 is 17.9 Å². The smallest absolute Gasteiger partial charge is 0.332 e. The van der Waals surface area contributed by atoms with Crippen LogP contribution in [0.15, 0.2) is 30.6 Å². The minimum absolute atomic E-state index is 0.161. The molecule has 0 saturated carbocycles. The molecule has 2 rings (SSSR count). The lowest BCUT2D eigenvalue weighted by molar-refractivity contribution is -0.146. The topological polar surface area (TPSA) is 125 Å². The molecule has 1 amide bonds. The number of nitrogens with two attached hydrogens (primary N) is 1. The number of aromatic nitrogens is 4. The molecule has 2 aromatic rings. The number of hydrogen-bond acceptors (Lipinski definition) is 7. The van der Waals surface area contributed by atoms with Crippen molar-refractivity contribution in [2.45, 2.75) is 13.0 Å². The van der Waals surface area contributed by atoms with Crippen LogP contribution in [0.4, 0.5) is 5.69 Å². The Morgan fingerprint density at radius 3 is 2.95 bits per heavy atom. The number of nitrogens with one attached hydrogen (secondary N) is 1. The molecule has 0 aliphatic heterocycles. The number of amides is 1. The van der Waals surface area contributed by atoms with Crippen LogP contribution in [0.5, 0.6) is 0 Å². The first-order chi connectivity index (χ1) is 10.1. The zero-order valence-electron chi connectivity index (χ0n) is 11.3. The minimum atomic E-state index is -1.37. The number of anilines is 1. The number of esters is 1. The summed E-state index contributed by atoms with van der Waals surface area (Å²) in [6, 6.07) is 5.40. The maximum absolute atomic E-state index is 11.8. The number of tetrazole rings is 1. The van der Waals surface area contributed by atoms with Crippen LogP contribution in [0.3, 0.4) is 0 Å². The van der Waals surface area contributed by atoms with Crippen molar-refractivity contribution < 1.29 is 14.3 Å². The molecule has 110 valence electrons. The summed E-state index contributed by atoms with van der Waals surface area (Å²) in [6.07, 6.45) is 1.42. The fourth-order valence-corrected chi connectivity index (χ4v) is 1.56. The molecule has 9 nitrogen and oxygen atoms in total. The molecule has 0 fully saturated rings. The summed E-state index contributed by atoms with van der Waals surface area (Å²) in [7, 11) is 0. The Labute approximate surface area is 120 Å². The van der Waals surface area contributed by atoms with Gasteiger partial charge in [-0.25, -0.2) is 9.48 Å². The zero-order valence-corrected chi connectivity index (χ0v) is 11.3. The fraction of sp³-hybridized carbons (Fsp3) is 0.250. The Morgan fingerprint density at radius 1 is 1.48 bits per heavy atom. The third-order valence-corrected chi connectivity index (χ3v) is 2.55. The summed E-state index contributed by atoms with van der Waals surface area (Å²) < 4.78 is 6.12. The van der Waals surface area contributed by atoms with Crippen LogP contribution in [0.25, 0.3) is 5.69 Å². The van der Waals surface area contributed by atoms with E-state index in [2.05, 4.69) is 25.6 Å².